The van der Waals surface area contributed by atoms with Gasteiger partial charge >= 0.3 is 5.97 Å². The Bertz CT molecular complexity index is 586. The molecule has 0 aliphatic heterocycles. The Kier molecular flexibility index (Phi) is 4.19. The fourth-order valence-corrected chi connectivity index (χ4v) is 1.82. The zero-order valence-corrected chi connectivity index (χ0v) is 10.4. The fourth-order valence-electron chi connectivity index (χ4n) is 1.28. The summed E-state index contributed by atoms with van der Waals surface area (Å²) in [7, 11) is 0. The smallest absolute Gasteiger partial charge is 0.341 e. The molecule has 0 bridgehead atoms. The van der Waals surface area contributed by atoms with Gasteiger partial charge in [0.1, 0.15) is 5.82 Å². The maximum atomic E-state index is 13.3. The van der Waals surface area contributed by atoms with Crippen molar-refractivity contribution >= 4 is 28.3 Å². The molecular weight excluding hydrogens is 271 g/mol. The van der Waals surface area contributed by atoms with Crippen LogP contribution in [0.1, 0.15) is 10.4 Å². The molecule has 19 heavy (non-hydrogen) atoms. The molecule has 1 N–H and O–H groups in total. The minimum atomic E-state index is -0.882. The van der Waals surface area contributed by atoms with Crippen molar-refractivity contribution in [3.8, 4) is 0 Å². The molecule has 2 aromatic rings. The number of anilines is 1. The normalized spacial score (nSPS) is 9.95. The number of ether oxygens (including phenoxy) is 1. The van der Waals surface area contributed by atoms with Crippen LogP contribution in [0.5, 0.6) is 0 Å². The van der Waals surface area contributed by atoms with E-state index in [0.29, 0.717) is 5.13 Å². The van der Waals surface area contributed by atoms with Crippen LogP contribution >= 0.6 is 11.3 Å². The van der Waals surface area contributed by atoms with Crippen LogP contribution in [0.15, 0.2) is 35.8 Å². The van der Waals surface area contributed by atoms with Gasteiger partial charge in [0.15, 0.2) is 11.7 Å². The third-order valence-electron chi connectivity index (χ3n) is 2.11. The summed E-state index contributed by atoms with van der Waals surface area (Å²) < 4.78 is 18.0. The van der Waals surface area contributed by atoms with Gasteiger partial charge in [-0.15, -0.1) is 11.3 Å². The summed E-state index contributed by atoms with van der Waals surface area (Å²) in [5, 5.41) is 4.55. The third kappa shape index (κ3) is 3.59. The van der Waals surface area contributed by atoms with Gasteiger partial charge in [-0.3, -0.25) is 10.1 Å². The highest BCUT2D eigenvalue weighted by Gasteiger charge is 2.14. The molecule has 0 saturated carbocycles. The number of carbonyl (C=O) groups is 2. The number of esters is 1. The van der Waals surface area contributed by atoms with Gasteiger partial charge in [0.05, 0.1) is 5.56 Å². The van der Waals surface area contributed by atoms with E-state index in [1.54, 1.807) is 5.38 Å². The molecule has 0 saturated heterocycles. The van der Waals surface area contributed by atoms with Crippen LogP contribution in [0.2, 0.25) is 0 Å². The molecule has 0 radical (unpaired) electrons. The lowest BCUT2D eigenvalue weighted by atomic mass is 10.2. The number of nitrogens with zero attached hydrogens (tertiary/aromatic N) is 1. The first kappa shape index (κ1) is 13.2. The second kappa shape index (κ2) is 6.05. The van der Waals surface area contributed by atoms with Crippen molar-refractivity contribution in [3.05, 3.63) is 47.2 Å². The average molecular weight is 280 g/mol. The van der Waals surface area contributed by atoms with E-state index in [2.05, 4.69) is 10.3 Å². The van der Waals surface area contributed by atoms with Crippen LogP contribution in [-0.2, 0) is 9.53 Å². The number of hydrogen-bond acceptors (Lipinski definition) is 5. The number of carbonyl (C=O) groups excluding carboxylic acids is 2. The molecule has 0 unspecified atom stereocenters. The van der Waals surface area contributed by atoms with Crippen molar-refractivity contribution in [2.45, 2.75) is 0 Å². The molecule has 5 nitrogen and oxygen atoms in total. The van der Waals surface area contributed by atoms with Crippen LogP contribution < -0.4 is 5.32 Å². The highest BCUT2D eigenvalue weighted by molar-refractivity contribution is 7.13. The molecule has 0 aliphatic rings. The van der Waals surface area contributed by atoms with Crippen LogP contribution in [0.25, 0.3) is 0 Å². The molecule has 0 atom stereocenters. The van der Waals surface area contributed by atoms with E-state index in [-0.39, 0.29) is 5.56 Å². The Morgan fingerprint density at radius 3 is 2.84 bits per heavy atom. The van der Waals surface area contributed by atoms with Crippen LogP contribution in [-0.4, -0.2) is 23.5 Å². The zero-order chi connectivity index (χ0) is 13.7. The minimum absolute atomic E-state index is 0.204. The van der Waals surface area contributed by atoms with Gasteiger partial charge < -0.3 is 4.74 Å². The predicted octanol–water partition coefficient (Wildman–Crippen LogP) is 2.08. The fraction of sp³-hybridized carbons (Fsp3) is 0.0833. The number of amides is 1. The van der Waals surface area contributed by atoms with Gasteiger partial charge in [0.2, 0.25) is 0 Å². The Morgan fingerprint density at radius 1 is 1.37 bits per heavy atom. The SMILES string of the molecule is O=C(COC(=O)c1ccccc1F)Nc1nccs1. The molecule has 7 heteroatoms. The lowest BCUT2D eigenvalue weighted by molar-refractivity contribution is -0.119. The van der Waals surface area contributed by atoms with Crippen molar-refractivity contribution in [1.29, 1.82) is 0 Å². The molecule has 1 aromatic carbocycles. The number of rotatable bonds is 4. The molecule has 2 rings (SSSR count). The molecule has 0 fully saturated rings. The maximum absolute atomic E-state index is 13.3. The van der Waals surface area contributed by atoms with Crippen molar-refractivity contribution < 1.29 is 18.7 Å². The summed E-state index contributed by atoms with van der Waals surface area (Å²) >= 11 is 1.24. The van der Waals surface area contributed by atoms with E-state index in [1.807, 2.05) is 0 Å². The van der Waals surface area contributed by atoms with Gasteiger partial charge in [-0.2, -0.15) is 0 Å². The number of benzene rings is 1. The van der Waals surface area contributed by atoms with Gasteiger partial charge in [-0.1, -0.05) is 12.1 Å². The topological polar surface area (TPSA) is 68.3 Å². The second-order valence-corrected chi connectivity index (χ2v) is 4.34. The highest BCUT2D eigenvalue weighted by Crippen LogP contribution is 2.10. The number of aromatic nitrogens is 1. The largest absolute Gasteiger partial charge is 0.452 e. The van der Waals surface area contributed by atoms with Crippen molar-refractivity contribution in [2.24, 2.45) is 0 Å². The predicted molar refractivity (Wildman–Crippen MR) is 67.4 cm³/mol. The molecule has 0 spiro atoms. The Labute approximate surface area is 112 Å². The third-order valence-corrected chi connectivity index (χ3v) is 2.80. The summed E-state index contributed by atoms with van der Waals surface area (Å²) in [5.74, 6) is -2.10. The van der Waals surface area contributed by atoms with E-state index in [9.17, 15) is 14.0 Å². The first-order chi connectivity index (χ1) is 9.16. The molecular formula is C12H9FN2O3S. The Hall–Kier alpha value is -2.28. The summed E-state index contributed by atoms with van der Waals surface area (Å²) in [4.78, 5) is 26.8. The molecule has 1 heterocycles. The van der Waals surface area contributed by atoms with E-state index in [1.165, 1.54) is 35.7 Å². The first-order valence-corrected chi connectivity index (χ1v) is 6.16. The van der Waals surface area contributed by atoms with E-state index in [0.717, 1.165) is 6.07 Å². The lowest BCUT2D eigenvalue weighted by Gasteiger charge is -2.05. The monoisotopic (exact) mass is 280 g/mol. The Balaban J connectivity index is 1.87. The quantitative estimate of drug-likeness (QED) is 0.871. The van der Waals surface area contributed by atoms with Crippen LogP contribution in [0.4, 0.5) is 9.52 Å². The van der Waals surface area contributed by atoms with Crippen molar-refractivity contribution in [3.63, 3.8) is 0 Å². The molecule has 0 aliphatic carbocycles. The summed E-state index contributed by atoms with van der Waals surface area (Å²) in [5.41, 5.74) is -0.204. The minimum Gasteiger partial charge on any atom is -0.452 e. The van der Waals surface area contributed by atoms with Crippen LogP contribution in [0.3, 0.4) is 0 Å². The summed E-state index contributed by atoms with van der Waals surface area (Å²) in [6, 6.07) is 5.40. The number of halogens is 1. The van der Waals surface area contributed by atoms with Gasteiger partial charge in [0, 0.05) is 11.6 Å². The molecule has 98 valence electrons. The zero-order valence-electron chi connectivity index (χ0n) is 9.63. The van der Waals surface area contributed by atoms with Gasteiger partial charge in [0.25, 0.3) is 5.91 Å². The molecule has 1 amide bonds. The van der Waals surface area contributed by atoms with Gasteiger partial charge in [-0.05, 0) is 12.1 Å². The van der Waals surface area contributed by atoms with E-state index in [4.69, 9.17) is 4.74 Å². The van der Waals surface area contributed by atoms with Crippen molar-refractivity contribution in [1.82, 2.24) is 4.98 Å². The average Bonchev–Trinajstić information content (AvgIpc) is 2.89. The Morgan fingerprint density at radius 2 is 2.16 bits per heavy atom. The van der Waals surface area contributed by atoms with E-state index >= 15 is 0 Å². The van der Waals surface area contributed by atoms with Crippen LogP contribution in [0, 0.1) is 5.82 Å². The summed E-state index contributed by atoms with van der Waals surface area (Å²) in [6.45, 7) is -0.493. The maximum Gasteiger partial charge on any atom is 0.341 e. The van der Waals surface area contributed by atoms with Gasteiger partial charge in [-0.25, -0.2) is 14.2 Å². The highest BCUT2D eigenvalue weighted by atomic mass is 32.1. The standard InChI is InChI=1S/C12H9FN2O3S/c13-9-4-2-1-3-8(9)11(17)18-7-10(16)15-12-14-5-6-19-12/h1-6H,7H2,(H,14,15,16). The lowest BCUT2D eigenvalue weighted by Crippen LogP contribution is -2.21. The summed E-state index contributed by atoms with van der Waals surface area (Å²) in [6.07, 6.45) is 1.53. The molecule has 1 aromatic heterocycles. The number of nitrogens with one attached hydrogen (secondary N) is 1. The number of hydrogen-bond donors (Lipinski definition) is 1. The van der Waals surface area contributed by atoms with Crippen molar-refractivity contribution in [2.75, 3.05) is 11.9 Å². The van der Waals surface area contributed by atoms with E-state index < -0.39 is 24.3 Å². The first-order valence-electron chi connectivity index (χ1n) is 5.28. The second-order valence-electron chi connectivity index (χ2n) is 3.44. The number of thiazole rings is 1.